The normalized spacial score (nSPS) is 16.4. The third kappa shape index (κ3) is 3.36. The topological polar surface area (TPSA) is 24.1 Å². The predicted molar refractivity (Wildman–Crippen MR) is 80.0 cm³/mol. The fourth-order valence-electron chi connectivity index (χ4n) is 2.47. The van der Waals surface area contributed by atoms with Gasteiger partial charge in [0.05, 0.1) is 0 Å². The van der Waals surface area contributed by atoms with Crippen LogP contribution in [0.5, 0.6) is 0 Å². The molecule has 2 heteroatoms. The molecular weight excluding hydrogens is 220 g/mol. The molecule has 0 bridgehead atoms. The van der Waals surface area contributed by atoms with E-state index >= 15 is 0 Å². The van der Waals surface area contributed by atoms with Crippen molar-refractivity contribution >= 4 is 11.8 Å². The summed E-state index contributed by atoms with van der Waals surface area (Å²) in [4.78, 5) is 0. The maximum absolute atomic E-state index is 3.71. The summed E-state index contributed by atoms with van der Waals surface area (Å²) in [6.07, 6.45) is 4.70. The molecule has 2 rings (SSSR count). The average Bonchev–Trinajstić information content (AvgIpc) is 2.34. The number of hydrogen-bond donors (Lipinski definition) is 2. The number of hydrogen-bond acceptors (Lipinski definition) is 2. The van der Waals surface area contributed by atoms with E-state index in [-0.39, 0.29) is 0 Å². The number of piperidine rings is 1. The Balaban J connectivity index is 2.20. The zero-order valence-corrected chi connectivity index (χ0v) is 11.7. The number of anilines is 1. The van der Waals surface area contributed by atoms with Crippen molar-refractivity contribution in [2.75, 3.05) is 18.4 Å². The van der Waals surface area contributed by atoms with Crippen LogP contribution < -0.4 is 10.6 Å². The van der Waals surface area contributed by atoms with E-state index in [0.717, 1.165) is 13.1 Å². The van der Waals surface area contributed by atoms with Crippen molar-refractivity contribution in [1.29, 1.82) is 0 Å². The van der Waals surface area contributed by atoms with Gasteiger partial charge in [0, 0.05) is 17.3 Å². The molecule has 1 aromatic carbocycles. The molecule has 0 aliphatic carbocycles. The van der Waals surface area contributed by atoms with Crippen LogP contribution in [-0.2, 0) is 0 Å². The lowest BCUT2D eigenvalue weighted by atomic mass is 10.0. The molecule has 1 saturated heterocycles. The molecule has 1 aliphatic heterocycles. The highest BCUT2D eigenvalue weighted by Crippen LogP contribution is 2.24. The standard InChI is InChI=1S/C16H24N2/c1-12(2)11-15-13(3)5-4-6-16(15)18-14-7-9-17-10-8-14/h4-6,11,14,17-18H,7-10H2,1-3H3. The van der Waals surface area contributed by atoms with Gasteiger partial charge in [0.1, 0.15) is 0 Å². The quantitative estimate of drug-likeness (QED) is 0.849. The summed E-state index contributed by atoms with van der Waals surface area (Å²) in [5.74, 6) is 0. The van der Waals surface area contributed by atoms with Gasteiger partial charge in [-0.3, -0.25) is 0 Å². The molecule has 0 amide bonds. The van der Waals surface area contributed by atoms with Gasteiger partial charge >= 0.3 is 0 Å². The minimum absolute atomic E-state index is 0.609. The highest BCUT2D eigenvalue weighted by atomic mass is 15.0. The summed E-state index contributed by atoms with van der Waals surface area (Å²) in [7, 11) is 0. The van der Waals surface area contributed by atoms with Crippen molar-refractivity contribution in [2.24, 2.45) is 0 Å². The molecule has 1 heterocycles. The second-order valence-corrected chi connectivity index (χ2v) is 5.43. The first-order valence-corrected chi connectivity index (χ1v) is 6.88. The van der Waals surface area contributed by atoms with Crippen molar-refractivity contribution in [3.8, 4) is 0 Å². The van der Waals surface area contributed by atoms with Crippen molar-refractivity contribution < 1.29 is 0 Å². The van der Waals surface area contributed by atoms with Gasteiger partial charge in [-0.2, -0.15) is 0 Å². The van der Waals surface area contributed by atoms with Gasteiger partial charge in [-0.15, -0.1) is 0 Å². The summed E-state index contributed by atoms with van der Waals surface area (Å²) in [6, 6.07) is 7.13. The van der Waals surface area contributed by atoms with Crippen LogP contribution in [0.3, 0.4) is 0 Å². The van der Waals surface area contributed by atoms with Crippen LogP contribution in [0.1, 0.15) is 37.8 Å². The monoisotopic (exact) mass is 244 g/mol. The third-order valence-electron chi connectivity index (χ3n) is 3.46. The first-order chi connectivity index (χ1) is 8.66. The molecule has 0 unspecified atom stereocenters. The van der Waals surface area contributed by atoms with Crippen LogP contribution in [0.15, 0.2) is 23.8 Å². The van der Waals surface area contributed by atoms with Crippen LogP contribution in [0.25, 0.3) is 6.08 Å². The Kier molecular flexibility index (Phi) is 4.43. The Labute approximate surface area is 110 Å². The van der Waals surface area contributed by atoms with Crippen LogP contribution in [0, 0.1) is 6.92 Å². The molecule has 0 radical (unpaired) electrons. The molecule has 1 aliphatic rings. The van der Waals surface area contributed by atoms with Gasteiger partial charge in [-0.05, 0) is 58.3 Å². The fourth-order valence-corrected chi connectivity index (χ4v) is 2.47. The van der Waals surface area contributed by atoms with Crippen molar-refractivity contribution in [3.05, 3.63) is 34.9 Å². The Morgan fingerprint density at radius 2 is 2.00 bits per heavy atom. The summed E-state index contributed by atoms with van der Waals surface area (Å²) in [5, 5.41) is 7.12. The molecule has 0 saturated carbocycles. The Morgan fingerprint density at radius 3 is 2.67 bits per heavy atom. The van der Waals surface area contributed by atoms with Gasteiger partial charge in [-0.1, -0.05) is 23.8 Å². The fraction of sp³-hybridized carbons (Fsp3) is 0.500. The van der Waals surface area contributed by atoms with E-state index in [2.05, 4.69) is 55.7 Å². The van der Waals surface area contributed by atoms with E-state index < -0.39 is 0 Å². The number of rotatable bonds is 3. The largest absolute Gasteiger partial charge is 0.382 e. The summed E-state index contributed by atoms with van der Waals surface area (Å²) >= 11 is 0. The predicted octanol–water partition coefficient (Wildman–Crippen LogP) is 3.58. The Bertz CT molecular complexity index is 425. The van der Waals surface area contributed by atoms with Gasteiger partial charge in [0.15, 0.2) is 0 Å². The van der Waals surface area contributed by atoms with Crippen molar-refractivity contribution in [1.82, 2.24) is 5.32 Å². The first-order valence-electron chi connectivity index (χ1n) is 6.88. The van der Waals surface area contributed by atoms with Crippen molar-refractivity contribution in [3.63, 3.8) is 0 Å². The van der Waals surface area contributed by atoms with Crippen LogP contribution >= 0.6 is 0 Å². The SMILES string of the molecule is CC(C)=Cc1c(C)cccc1NC1CCNCC1. The highest BCUT2D eigenvalue weighted by molar-refractivity contribution is 5.70. The lowest BCUT2D eigenvalue weighted by molar-refractivity contribution is 0.479. The number of benzene rings is 1. The maximum Gasteiger partial charge on any atom is 0.0418 e. The van der Waals surface area contributed by atoms with E-state index in [0.29, 0.717) is 6.04 Å². The summed E-state index contributed by atoms with van der Waals surface area (Å²) in [5.41, 5.74) is 5.31. The minimum atomic E-state index is 0.609. The number of aryl methyl sites for hydroxylation is 1. The molecule has 2 N–H and O–H groups in total. The van der Waals surface area contributed by atoms with E-state index in [1.807, 2.05) is 0 Å². The third-order valence-corrected chi connectivity index (χ3v) is 3.46. The molecule has 18 heavy (non-hydrogen) atoms. The molecule has 0 aromatic heterocycles. The Morgan fingerprint density at radius 1 is 1.28 bits per heavy atom. The second kappa shape index (κ2) is 6.05. The lowest BCUT2D eigenvalue weighted by Crippen LogP contribution is -2.35. The zero-order valence-electron chi connectivity index (χ0n) is 11.7. The molecule has 0 spiro atoms. The number of nitrogens with one attached hydrogen (secondary N) is 2. The molecule has 1 aromatic rings. The van der Waals surface area contributed by atoms with E-state index in [4.69, 9.17) is 0 Å². The molecule has 98 valence electrons. The summed E-state index contributed by atoms with van der Waals surface area (Å²) < 4.78 is 0. The second-order valence-electron chi connectivity index (χ2n) is 5.43. The van der Waals surface area contributed by atoms with Gasteiger partial charge < -0.3 is 10.6 Å². The lowest BCUT2D eigenvalue weighted by Gasteiger charge is -2.26. The van der Waals surface area contributed by atoms with Crippen LogP contribution in [0.4, 0.5) is 5.69 Å². The minimum Gasteiger partial charge on any atom is -0.382 e. The molecule has 0 atom stereocenters. The molecule has 2 nitrogen and oxygen atoms in total. The molecule has 1 fully saturated rings. The van der Waals surface area contributed by atoms with Crippen LogP contribution in [-0.4, -0.2) is 19.1 Å². The van der Waals surface area contributed by atoms with Gasteiger partial charge in [-0.25, -0.2) is 0 Å². The van der Waals surface area contributed by atoms with Crippen LogP contribution in [0.2, 0.25) is 0 Å². The van der Waals surface area contributed by atoms with E-state index in [1.54, 1.807) is 0 Å². The number of allylic oxidation sites excluding steroid dienone is 1. The summed E-state index contributed by atoms with van der Waals surface area (Å²) in [6.45, 7) is 8.74. The average molecular weight is 244 g/mol. The smallest absolute Gasteiger partial charge is 0.0418 e. The van der Waals surface area contributed by atoms with Crippen molar-refractivity contribution in [2.45, 2.75) is 39.7 Å². The van der Waals surface area contributed by atoms with Gasteiger partial charge in [0.2, 0.25) is 0 Å². The van der Waals surface area contributed by atoms with E-state index in [9.17, 15) is 0 Å². The molecular formula is C16H24N2. The Hall–Kier alpha value is -1.28. The van der Waals surface area contributed by atoms with Gasteiger partial charge in [0.25, 0.3) is 0 Å². The highest BCUT2D eigenvalue weighted by Gasteiger charge is 2.14. The first kappa shape index (κ1) is 13.2. The zero-order chi connectivity index (χ0) is 13.0. The maximum atomic E-state index is 3.71. The van der Waals surface area contributed by atoms with E-state index in [1.165, 1.54) is 35.2 Å².